The molecule has 3 amide bonds. The van der Waals surface area contributed by atoms with E-state index >= 15 is 0 Å². The summed E-state index contributed by atoms with van der Waals surface area (Å²) in [4.78, 5) is 41.5. The van der Waals surface area contributed by atoms with Crippen molar-refractivity contribution < 1.29 is 14.4 Å². The van der Waals surface area contributed by atoms with Gasteiger partial charge in [0.25, 0.3) is 5.91 Å². The van der Waals surface area contributed by atoms with Crippen molar-refractivity contribution in [2.45, 2.75) is 12.5 Å². The van der Waals surface area contributed by atoms with E-state index in [4.69, 9.17) is 11.6 Å². The number of rotatable bonds is 5. The van der Waals surface area contributed by atoms with Crippen LogP contribution in [0, 0.1) is 0 Å². The van der Waals surface area contributed by atoms with Crippen LogP contribution in [-0.2, 0) is 9.59 Å². The number of nitrogens with zero attached hydrogens (tertiary/aromatic N) is 2. The Morgan fingerprint density at radius 1 is 1.44 bits per heavy atom. The molecule has 1 fully saturated rings. The lowest BCUT2D eigenvalue weighted by Crippen LogP contribution is -2.44. The summed E-state index contributed by atoms with van der Waals surface area (Å²) in [5.74, 6) is -0.541. The Kier molecular flexibility index (Phi) is 4.94. The van der Waals surface area contributed by atoms with Gasteiger partial charge in [-0.1, -0.05) is 11.6 Å². The summed E-state index contributed by atoms with van der Waals surface area (Å²) in [5.41, 5.74) is 1.18. The predicted molar refractivity (Wildman–Crippen MR) is 94.5 cm³/mol. The number of aromatic nitrogens is 1. The quantitative estimate of drug-likeness (QED) is 0.785. The molecule has 132 valence electrons. The van der Waals surface area contributed by atoms with Crippen molar-refractivity contribution in [3.8, 4) is 0 Å². The number of likely N-dealkylation sites (N-methyl/N-ethyl adjacent to an activating group) is 1. The first-order valence-corrected chi connectivity index (χ1v) is 8.37. The van der Waals surface area contributed by atoms with Gasteiger partial charge >= 0.3 is 0 Å². The van der Waals surface area contributed by atoms with E-state index in [1.54, 1.807) is 41.1 Å². The number of nitrogens with one attached hydrogen (secondary N) is 2. The molecule has 8 heteroatoms. The van der Waals surface area contributed by atoms with Gasteiger partial charge in [0, 0.05) is 36.1 Å². The molecular formula is C17H19ClN4O3. The van der Waals surface area contributed by atoms with Crippen molar-refractivity contribution in [1.82, 2.24) is 20.1 Å². The lowest BCUT2D eigenvalue weighted by molar-refractivity contribution is -0.131. The number of carbonyl (C=O) groups excluding carboxylic acids is 3. The van der Waals surface area contributed by atoms with Gasteiger partial charge in [-0.25, -0.2) is 0 Å². The largest absolute Gasteiger partial charge is 0.351 e. The van der Waals surface area contributed by atoms with Crippen LogP contribution in [0.5, 0.6) is 0 Å². The molecule has 3 rings (SSSR count). The molecule has 7 nitrogen and oxygen atoms in total. The second-order valence-corrected chi connectivity index (χ2v) is 6.58. The summed E-state index contributed by atoms with van der Waals surface area (Å²) in [6.45, 7) is 1.08. The van der Waals surface area contributed by atoms with E-state index in [1.807, 2.05) is 0 Å². The van der Waals surface area contributed by atoms with Gasteiger partial charge in [-0.05, 0) is 30.7 Å². The number of hydrogen-bond donors (Lipinski definition) is 2. The van der Waals surface area contributed by atoms with E-state index in [0.717, 1.165) is 23.7 Å². The highest BCUT2D eigenvalue weighted by molar-refractivity contribution is 6.31. The minimum atomic E-state index is -0.352. The fourth-order valence-corrected chi connectivity index (χ4v) is 3.17. The van der Waals surface area contributed by atoms with Crippen molar-refractivity contribution in [3.63, 3.8) is 0 Å². The minimum Gasteiger partial charge on any atom is -0.351 e. The molecule has 0 spiro atoms. The molecule has 1 unspecified atom stereocenters. The third-order valence-electron chi connectivity index (χ3n) is 4.51. The maximum atomic E-state index is 12.3. The van der Waals surface area contributed by atoms with Gasteiger partial charge in [0.1, 0.15) is 5.69 Å². The molecule has 1 atom stereocenters. The average Bonchev–Trinajstić information content (AvgIpc) is 3.24. The van der Waals surface area contributed by atoms with Crippen molar-refractivity contribution >= 4 is 40.7 Å². The molecular weight excluding hydrogens is 344 g/mol. The molecule has 1 aliphatic rings. The molecule has 0 aliphatic carbocycles. The molecule has 1 aliphatic heterocycles. The van der Waals surface area contributed by atoms with Crippen LogP contribution >= 0.6 is 11.6 Å². The molecule has 0 bridgehead atoms. The van der Waals surface area contributed by atoms with Crippen molar-refractivity contribution in [3.05, 3.63) is 35.0 Å². The van der Waals surface area contributed by atoms with E-state index in [2.05, 4.69) is 10.3 Å². The number of fused-ring (bicyclic) bond motifs is 1. The van der Waals surface area contributed by atoms with Gasteiger partial charge in [-0.3, -0.25) is 14.4 Å². The molecule has 25 heavy (non-hydrogen) atoms. The van der Waals surface area contributed by atoms with E-state index in [9.17, 15) is 14.4 Å². The van der Waals surface area contributed by atoms with Gasteiger partial charge in [0.15, 0.2) is 0 Å². The maximum Gasteiger partial charge on any atom is 0.268 e. The highest BCUT2D eigenvalue weighted by Crippen LogP contribution is 2.20. The molecule has 1 saturated heterocycles. The average molecular weight is 363 g/mol. The standard InChI is InChI=1S/C17H19ClN4O3/c1-21(13-4-5-22(9-13)10-23)16(24)8-19-17(25)15-7-11-6-12(18)2-3-14(11)20-15/h2-3,6-7,10,13,20H,4-5,8-9H2,1H3,(H,19,25). The number of benzene rings is 1. The Labute approximate surface area is 149 Å². The second kappa shape index (κ2) is 7.14. The number of likely N-dealkylation sites (tertiary alicyclic amines) is 1. The number of carbonyl (C=O) groups is 3. The van der Waals surface area contributed by atoms with Crippen molar-refractivity contribution in [2.24, 2.45) is 0 Å². The maximum absolute atomic E-state index is 12.3. The number of aromatic amines is 1. The smallest absolute Gasteiger partial charge is 0.268 e. The van der Waals surface area contributed by atoms with Crippen LogP contribution in [0.1, 0.15) is 16.9 Å². The van der Waals surface area contributed by atoms with Crippen molar-refractivity contribution in [2.75, 3.05) is 26.7 Å². The number of H-pyrrole nitrogens is 1. The topological polar surface area (TPSA) is 85.5 Å². The highest BCUT2D eigenvalue weighted by atomic mass is 35.5. The Morgan fingerprint density at radius 2 is 2.24 bits per heavy atom. The first-order chi connectivity index (χ1) is 12.0. The molecule has 0 radical (unpaired) electrons. The van der Waals surface area contributed by atoms with E-state index in [1.165, 1.54) is 0 Å². The lowest BCUT2D eigenvalue weighted by atomic mass is 10.2. The van der Waals surface area contributed by atoms with E-state index in [0.29, 0.717) is 23.8 Å². The first-order valence-electron chi connectivity index (χ1n) is 7.99. The third-order valence-corrected chi connectivity index (χ3v) is 4.75. The summed E-state index contributed by atoms with van der Waals surface area (Å²) in [5, 5.41) is 4.05. The van der Waals surface area contributed by atoms with Crippen LogP contribution in [0.4, 0.5) is 0 Å². The molecule has 1 aromatic heterocycles. The molecule has 2 aromatic rings. The summed E-state index contributed by atoms with van der Waals surface area (Å²) in [6.07, 6.45) is 1.54. The Hall–Kier alpha value is -2.54. The summed E-state index contributed by atoms with van der Waals surface area (Å²) >= 11 is 5.94. The first kappa shape index (κ1) is 17.3. The fourth-order valence-electron chi connectivity index (χ4n) is 2.99. The van der Waals surface area contributed by atoms with Crippen LogP contribution in [0.3, 0.4) is 0 Å². The minimum absolute atomic E-state index is 0.00943. The highest BCUT2D eigenvalue weighted by Gasteiger charge is 2.27. The predicted octanol–water partition coefficient (Wildman–Crippen LogP) is 1.24. The van der Waals surface area contributed by atoms with Gasteiger partial charge in [-0.15, -0.1) is 0 Å². The second-order valence-electron chi connectivity index (χ2n) is 6.14. The summed E-state index contributed by atoms with van der Waals surface area (Å²) in [6, 6.07) is 6.99. The van der Waals surface area contributed by atoms with Crippen LogP contribution in [0.25, 0.3) is 10.9 Å². The molecule has 1 aromatic carbocycles. The van der Waals surface area contributed by atoms with Crippen LogP contribution in [0.2, 0.25) is 5.02 Å². The number of hydrogen-bond acceptors (Lipinski definition) is 3. The van der Waals surface area contributed by atoms with Crippen LogP contribution in [0.15, 0.2) is 24.3 Å². The SMILES string of the molecule is CN(C(=O)CNC(=O)c1cc2cc(Cl)ccc2[nH]1)C1CCN(C=O)C1. The van der Waals surface area contributed by atoms with Gasteiger partial charge in [0.05, 0.1) is 12.6 Å². The molecule has 2 N–H and O–H groups in total. The zero-order valence-corrected chi connectivity index (χ0v) is 14.5. The molecule has 2 heterocycles. The zero-order valence-electron chi connectivity index (χ0n) is 13.8. The van der Waals surface area contributed by atoms with E-state index in [-0.39, 0.29) is 24.4 Å². The van der Waals surface area contributed by atoms with Gasteiger partial charge < -0.3 is 20.1 Å². The fraction of sp³-hybridized carbons (Fsp3) is 0.353. The Balaban J connectivity index is 1.57. The van der Waals surface area contributed by atoms with Gasteiger partial charge in [-0.2, -0.15) is 0 Å². The van der Waals surface area contributed by atoms with Gasteiger partial charge in [0.2, 0.25) is 12.3 Å². The molecule has 0 saturated carbocycles. The monoisotopic (exact) mass is 362 g/mol. The summed E-state index contributed by atoms with van der Waals surface area (Å²) < 4.78 is 0. The third kappa shape index (κ3) is 3.76. The normalized spacial score (nSPS) is 16.9. The van der Waals surface area contributed by atoms with Crippen LogP contribution < -0.4 is 5.32 Å². The number of amides is 3. The van der Waals surface area contributed by atoms with E-state index < -0.39 is 0 Å². The van der Waals surface area contributed by atoms with Crippen LogP contribution in [-0.4, -0.2) is 65.7 Å². The lowest BCUT2D eigenvalue weighted by Gasteiger charge is -2.24. The zero-order chi connectivity index (χ0) is 18.0. The summed E-state index contributed by atoms with van der Waals surface area (Å²) in [7, 11) is 1.69. The number of halogens is 1. The van der Waals surface area contributed by atoms with Crippen molar-refractivity contribution in [1.29, 1.82) is 0 Å². The Morgan fingerprint density at radius 3 is 2.96 bits per heavy atom. The Bertz CT molecular complexity index is 819.